The number of benzene rings is 1. The first kappa shape index (κ1) is 15.6. The molecular weight excluding hydrogens is 290 g/mol. The summed E-state index contributed by atoms with van der Waals surface area (Å²) >= 11 is 0. The molecule has 0 amide bonds. The smallest absolute Gasteiger partial charge is 0.330 e. The topological polar surface area (TPSA) is 66.9 Å². The summed E-state index contributed by atoms with van der Waals surface area (Å²) in [6.07, 6.45) is 3.43. The minimum atomic E-state index is -0.375. The van der Waals surface area contributed by atoms with Crippen LogP contribution < -0.4 is 16.6 Å². The molecule has 1 unspecified atom stereocenters. The monoisotopic (exact) mass is 313 g/mol. The molecule has 0 spiro atoms. The molecule has 0 saturated heterocycles. The molecule has 3 rings (SSSR count). The Hall–Kier alpha value is -2.30. The molecule has 1 aliphatic rings. The number of H-pyrrole nitrogens is 1. The van der Waals surface area contributed by atoms with Crippen LogP contribution in [0.2, 0.25) is 0 Å². The normalized spacial score (nSPS) is 14.8. The van der Waals surface area contributed by atoms with Crippen LogP contribution in [0.5, 0.6) is 0 Å². The van der Waals surface area contributed by atoms with Crippen molar-refractivity contribution < 1.29 is 0 Å². The van der Waals surface area contributed by atoms with E-state index in [4.69, 9.17) is 0 Å². The Morgan fingerprint density at radius 3 is 2.65 bits per heavy atom. The number of hydrogen-bond acceptors (Lipinski definition) is 3. The second-order valence-electron chi connectivity index (χ2n) is 6.49. The fraction of sp³-hybridized carbons (Fsp3) is 0.444. The van der Waals surface area contributed by atoms with Crippen LogP contribution in [0.25, 0.3) is 0 Å². The summed E-state index contributed by atoms with van der Waals surface area (Å²) in [4.78, 5) is 26.9. The van der Waals surface area contributed by atoms with Crippen molar-refractivity contribution in [1.29, 1.82) is 0 Å². The van der Waals surface area contributed by atoms with Gasteiger partial charge in [0.05, 0.1) is 6.04 Å². The molecule has 1 aliphatic carbocycles. The quantitative estimate of drug-likeness (QED) is 0.912. The second kappa shape index (κ2) is 6.07. The predicted molar refractivity (Wildman–Crippen MR) is 92.2 cm³/mol. The number of aryl methyl sites for hydroxylation is 1. The van der Waals surface area contributed by atoms with Crippen LogP contribution in [0.4, 0.5) is 5.82 Å². The van der Waals surface area contributed by atoms with Crippen molar-refractivity contribution in [2.45, 2.75) is 52.1 Å². The van der Waals surface area contributed by atoms with E-state index in [2.05, 4.69) is 35.4 Å². The third kappa shape index (κ3) is 2.96. The zero-order valence-corrected chi connectivity index (χ0v) is 13.8. The molecule has 0 bridgehead atoms. The first-order valence-corrected chi connectivity index (χ1v) is 8.20. The van der Waals surface area contributed by atoms with Crippen LogP contribution in [0.1, 0.15) is 56.0 Å². The standard InChI is InChI=1S/C18H23N3O2/c1-11(2)21-17(22)10-16(20-18(21)23)19-12(3)14-8-4-6-13-7-5-9-15(13)14/h4,6,8,10-12,19H,5,7,9H2,1-3H3,(H,20,23). The maximum atomic E-state index is 12.1. The van der Waals surface area contributed by atoms with Crippen molar-refractivity contribution >= 4 is 5.82 Å². The number of nitrogens with one attached hydrogen (secondary N) is 2. The number of anilines is 1. The Morgan fingerprint density at radius 1 is 1.17 bits per heavy atom. The SMILES string of the molecule is CC(Nc1cc(=O)n(C(C)C)c(=O)[nH]1)c1cccc2c1CCC2. The van der Waals surface area contributed by atoms with Gasteiger partial charge in [-0.1, -0.05) is 18.2 Å². The van der Waals surface area contributed by atoms with E-state index in [1.165, 1.54) is 33.7 Å². The van der Waals surface area contributed by atoms with Gasteiger partial charge in [0.2, 0.25) is 0 Å². The summed E-state index contributed by atoms with van der Waals surface area (Å²) in [5, 5.41) is 3.27. The summed E-state index contributed by atoms with van der Waals surface area (Å²) in [5.74, 6) is 0.472. The van der Waals surface area contributed by atoms with Gasteiger partial charge in [-0.2, -0.15) is 0 Å². The van der Waals surface area contributed by atoms with E-state index in [-0.39, 0.29) is 23.3 Å². The van der Waals surface area contributed by atoms with Crippen molar-refractivity contribution in [3.63, 3.8) is 0 Å². The molecule has 122 valence electrons. The van der Waals surface area contributed by atoms with Gasteiger partial charge >= 0.3 is 5.69 Å². The molecule has 5 nitrogen and oxygen atoms in total. The molecule has 1 heterocycles. The third-order valence-electron chi connectivity index (χ3n) is 4.50. The lowest BCUT2D eigenvalue weighted by atomic mass is 9.98. The highest BCUT2D eigenvalue weighted by atomic mass is 16.2. The van der Waals surface area contributed by atoms with Crippen molar-refractivity contribution in [3.05, 3.63) is 61.8 Å². The fourth-order valence-electron chi connectivity index (χ4n) is 3.44. The second-order valence-corrected chi connectivity index (χ2v) is 6.49. The Labute approximate surface area is 135 Å². The molecule has 0 saturated carbocycles. The molecule has 0 fully saturated rings. The minimum Gasteiger partial charge on any atom is -0.365 e. The number of fused-ring (bicyclic) bond motifs is 1. The highest BCUT2D eigenvalue weighted by molar-refractivity contribution is 5.44. The molecule has 1 atom stereocenters. The van der Waals surface area contributed by atoms with E-state index in [0.29, 0.717) is 5.82 Å². The average Bonchev–Trinajstić information content (AvgIpc) is 2.94. The molecule has 0 radical (unpaired) electrons. The predicted octanol–water partition coefficient (Wildman–Crippen LogP) is 2.78. The van der Waals surface area contributed by atoms with Crippen molar-refractivity contribution in [1.82, 2.24) is 9.55 Å². The van der Waals surface area contributed by atoms with Crippen LogP contribution in [0.15, 0.2) is 33.9 Å². The van der Waals surface area contributed by atoms with Gasteiger partial charge in [-0.15, -0.1) is 0 Å². The Balaban J connectivity index is 1.90. The molecule has 23 heavy (non-hydrogen) atoms. The summed E-state index contributed by atoms with van der Waals surface area (Å²) in [7, 11) is 0. The zero-order chi connectivity index (χ0) is 16.6. The minimum absolute atomic E-state index is 0.0352. The van der Waals surface area contributed by atoms with Crippen molar-refractivity contribution in [3.8, 4) is 0 Å². The van der Waals surface area contributed by atoms with Gasteiger partial charge in [0.15, 0.2) is 0 Å². The summed E-state index contributed by atoms with van der Waals surface area (Å²) < 4.78 is 1.22. The van der Waals surface area contributed by atoms with E-state index in [1.807, 2.05) is 13.8 Å². The van der Waals surface area contributed by atoms with E-state index < -0.39 is 0 Å². The number of nitrogens with zero attached hydrogens (tertiary/aromatic N) is 1. The highest BCUT2D eigenvalue weighted by Crippen LogP contribution is 2.30. The Bertz CT molecular complexity index is 802. The molecule has 1 aromatic heterocycles. The lowest BCUT2D eigenvalue weighted by molar-refractivity contribution is 0.546. The first-order chi connectivity index (χ1) is 11.0. The van der Waals surface area contributed by atoms with Gasteiger partial charge in [-0.05, 0) is 56.7 Å². The molecule has 2 N–H and O–H groups in total. The average molecular weight is 313 g/mol. The van der Waals surface area contributed by atoms with E-state index >= 15 is 0 Å². The Morgan fingerprint density at radius 2 is 1.96 bits per heavy atom. The first-order valence-electron chi connectivity index (χ1n) is 8.20. The van der Waals surface area contributed by atoms with E-state index in [0.717, 1.165) is 12.8 Å². The van der Waals surface area contributed by atoms with Gasteiger partial charge in [-0.3, -0.25) is 14.3 Å². The van der Waals surface area contributed by atoms with Crippen molar-refractivity contribution in [2.75, 3.05) is 5.32 Å². The van der Waals surface area contributed by atoms with Gasteiger partial charge in [0.25, 0.3) is 5.56 Å². The van der Waals surface area contributed by atoms with Crippen LogP contribution in [-0.2, 0) is 12.8 Å². The van der Waals surface area contributed by atoms with Crippen LogP contribution in [-0.4, -0.2) is 9.55 Å². The molecule has 2 aromatic rings. The third-order valence-corrected chi connectivity index (χ3v) is 4.50. The van der Waals surface area contributed by atoms with Gasteiger partial charge < -0.3 is 5.32 Å². The van der Waals surface area contributed by atoms with Crippen LogP contribution >= 0.6 is 0 Å². The molecular formula is C18H23N3O2. The van der Waals surface area contributed by atoms with E-state index in [9.17, 15) is 9.59 Å². The number of aromatic amines is 1. The number of hydrogen-bond donors (Lipinski definition) is 2. The number of rotatable bonds is 4. The summed E-state index contributed by atoms with van der Waals surface area (Å²) in [5.41, 5.74) is 3.41. The van der Waals surface area contributed by atoms with Gasteiger partial charge in [0, 0.05) is 12.1 Å². The number of aromatic nitrogens is 2. The summed E-state index contributed by atoms with van der Waals surface area (Å²) in [6, 6.07) is 7.72. The van der Waals surface area contributed by atoms with E-state index in [1.54, 1.807) is 0 Å². The molecule has 5 heteroatoms. The van der Waals surface area contributed by atoms with Crippen LogP contribution in [0.3, 0.4) is 0 Å². The van der Waals surface area contributed by atoms with Gasteiger partial charge in [-0.25, -0.2) is 4.79 Å². The van der Waals surface area contributed by atoms with Crippen molar-refractivity contribution in [2.24, 2.45) is 0 Å². The molecule has 1 aromatic carbocycles. The zero-order valence-electron chi connectivity index (χ0n) is 13.8. The summed E-state index contributed by atoms with van der Waals surface area (Å²) in [6.45, 7) is 5.69. The largest absolute Gasteiger partial charge is 0.365 e. The maximum Gasteiger partial charge on any atom is 0.330 e. The highest BCUT2D eigenvalue weighted by Gasteiger charge is 2.18. The molecule has 0 aliphatic heterocycles. The Kier molecular flexibility index (Phi) is 4.11. The van der Waals surface area contributed by atoms with Gasteiger partial charge in [0.1, 0.15) is 5.82 Å². The maximum absolute atomic E-state index is 12.1. The lowest BCUT2D eigenvalue weighted by Gasteiger charge is -2.19. The van der Waals surface area contributed by atoms with Crippen LogP contribution in [0, 0.1) is 0 Å². The fourth-order valence-corrected chi connectivity index (χ4v) is 3.44. The lowest BCUT2D eigenvalue weighted by Crippen LogP contribution is -2.36.